The van der Waals surface area contributed by atoms with Crippen molar-refractivity contribution in [1.29, 1.82) is 0 Å². The lowest BCUT2D eigenvalue weighted by Gasteiger charge is -2.22. The maximum atomic E-state index is 13.4. The van der Waals surface area contributed by atoms with Gasteiger partial charge in [0.15, 0.2) is 16.8 Å². The van der Waals surface area contributed by atoms with Crippen molar-refractivity contribution < 1.29 is 32.2 Å². The van der Waals surface area contributed by atoms with Crippen LogP contribution >= 0.6 is 11.6 Å². The smallest absolute Gasteiger partial charge is 0.420 e. The van der Waals surface area contributed by atoms with Crippen LogP contribution in [0.4, 0.5) is 13.2 Å². The minimum absolute atomic E-state index is 0.00973. The molecule has 0 saturated heterocycles. The van der Waals surface area contributed by atoms with E-state index in [4.69, 9.17) is 20.9 Å². The topological polar surface area (TPSA) is 65.7 Å². The number of halogens is 4. The van der Waals surface area contributed by atoms with Gasteiger partial charge >= 0.3 is 12.1 Å². The van der Waals surface area contributed by atoms with E-state index in [0.29, 0.717) is 12.8 Å². The molecule has 1 aliphatic rings. The fourth-order valence-electron chi connectivity index (χ4n) is 3.06. The number of rotatable bonds is 4. The van der Waals surface area contributed by atoms with Gasteiger partial charge in [0, 0.05) is 11.6 Å². The molecule has 5 nitrogen and oxygen atoms in total. The van der Waals surface area contributed by atoms with E-state index >= 15 is 0 Å². The Balaban J connectivity index is 1.74. The van der Waals surface area contributed by atoms with Crippen LogP contribution in [0.2, 0.25) is 5.02 Å². The van der Waals surface area contributed by atoms with Gasteiger partial charge in [-0.3, -0.25) is 14.6 Å². The summed E-state index contributed by atoms with van der Waals surface area (Å²) in [6.45, 7) is 0. The number of hydrogen-bond acceptors (Lipinski definition) is 5. The third-order valence-electron chi connectivity index (χ3n) is 4.93. The largest absolute Gasteiger partial charge is 0.454 e. The maximum absolute atomic E-state index is 13.4. The van der Waals surface area contributed by atoms with Crippen LogP contribution in [0.3, 0.4) is 0 Å². The summed E-state index contributed by atoms with van der Waals surface area (Å²) in [5, 5.41) is 0.424. The van der Waals surface area contributed by atoms with Gasteiger partial charge in [-0.15, -0.1) is 0 Å². The van der Waals surface area contributed by atoms with E-state index in [-0.39, 0.29) is 33.2 Å². The third kappa shape index (κ3) is 3.87. The molecule has 156 valence electrons. The lowest BCUT2D eigenvalue weighted by molar-refractivity contribution is -0.224. The molecular weight excluding hydrogens is 425 g/mol. The van der Waals surface area contributed by atoms with Crippen LogP contribution in [0, 0.1) is 5.92 Å². The van der Waals surface area contributed by atoms with E-state index in [1.54, 1.807) is 6.07 Å². The Labute approximate surface area is 172 Å². The second-order valence-electron chi connectivity index (χ2n) is 6.91. The molecule has 1 fully saturated rings. The van der Waals surface area contributed by atoms with E-state index in [9.17, 15) is 22.8 Å². The SMILES string of the molecule is O=C(OOc1cc(-c2cc(=O)c3cccc(Cl)c3o2)ccc1C(F)(F)F)C1CCC1. The maximum Gasteiger partial charge on any atom is 0.420 e. The summed E-state index contributed by atoms with van der Waals surface area (Å²) >= 11 is 6.07. The Kier molecular flexibility index (Phi) is 5.19. The van der Waals surface area contributed by atoms with Crippen molar-refractivity contribution in [2.24, 2.45) is 5.92 Å². The van der Waals surface area contributed by atoms with Gasteiger partial charge in [0.2, 0.25) is 0 Å². The molecule has 4 rings (SSSR count). The zero-order chi connectivity index (χ0) is 21.5. The quantitative estimate of drug-likeness (QED) is 0.382. The molecule has 0 aliphatic heterocycles. The van der Waals surface area contributed by atoms with Crippen LogP contribution in [0.15, 0.2) is 51.7 Å². The predicted molar refractivity (Wildman–Crippen MR) is 102 cm³/mol. The number of hydrogen-bond donors (Lipinski definition) is 0. The highest BCUT2D eigenvalue weighted by atomic mass is 35.5. The van der Waals surface area contributed by atoms with Crippen molar-refractivity contribution in [3.8, 4) is 17.1 Å². The molecule has 1 aliphatic carbocycles. The molecular formula is C21H14ClF3O5. The molecule has 1 heterocycles. The standard InChI is InChI=1S/C21H14ClF3O5/c22-15-6-2-5-13-16(26)10-17(28-19(13)15)12-7-8-14(21(23,24)25)18(9-12)29-30-20(27)11-3-1-4-11/h2,5-11H,1,3-4H2. The molecule has 0 radical (unpaired) electrons. The summed E-state index contributed by atoms with van der Waals surface area (Å²) in [7, 11) is 0. The number of carbonyl (C=O) groups is 1. The van der Waals surface area contributed by atoms with Gasteiger partial charge in [0.25, 0.3) is 0 Å². The van der Waals surface area contributed by atoms with Gasteiger partial charge in [-0.2, -0.15) is 13.2 Å². The lowest BCUT2D eigenvalue weighted by atomic mass is 9.86. The van der Waals surface area contributed by atoms with Crippen molar-refractivity contribution >= 4 is 28.5 Å². The Morgan fingerprint density at radius 2 is 1.90 bits per heavy atom. The van der Waals surface area contributed by atoms with E-state index in [2.05, 4.69) is 4.89 Å². The summed E-state index contributed by atoms with van der Waals surface area (Å²) in [5.41, 5.74) is -1.31. The molecule has 0 spiro atoms. The number of para-hydroxylation sites is 1. The number of carbonyl (C=O) groups excluding carboxylic acids is 1. The minimum Gasteiger partial charge on any atom is -0.454 e. The van der Waals surface area contributed by atoms with Crippen molar-refractivity contribution in [1.82, 2.24) is 0 Å². The summed E-state index contributed by atoms with van der Waals surface area (Å²) < 4.78 is 45.7. The monoisotopic (exact) mass is 438 g/mol. The molecule has 9 heteroatoms. The van der Waals surface area contributed by atoms with Gasteiger partial charge in [0.1, 0.15) is 11.3 Å². The zero-order valence-electron chi connectivity index (χ0n) is 15.3. The van der Waals surface area contributed by atoms with Gasteiger partial charge in [0.05, 0.1) is 16.3 Å². The first kappa shape index (κ1) is 20.3. The molecule has 0 unspecified atom stereocenters. The van der Waals surface area contributed by atoms with Crippen molar-refractivity contribution in [3.63, 3.8) is 0 Å². The Morgan fingerprint density at radius 3 is 2.57 bits per heavy atom. The Hall–Kier alpha value is -3.00. The van der Waals surface area contributed by atoms with Gasteiger partial charge in [-0.25, -0.2) is 4.79 Å². The van der Waals surface area contributed by atoms with Crippen LogP contribution in [0.5, 0.6) is 5.75 Å². The molecule has 1 aromatic heterocycles. The zero-order valence-corrected chi connectivity index (χ0v) is 16.0. The molecule has 2 aromatic carbocycles. The molecule has 0 amide bonds. The van der Waals surface area contributed by atoms with Crippen molar-refractivity contribution in [2.45, 2.75) is 25.4 Å². The van der Waals surface area contributed by atoms with Crippen LogP contribution in [-0.2, 0) is 15.9 Å². The average molecular weight is 439 g/mol. The fourth-order valence-corrected chi connectivity index (χ4v) is 3.27. The first-order valence-corrected chi connectivity index (χ1v) is 9.44. The highest BCUT2D eigenvalue weighted by Gasteiger charge is 2.36. The van der Waals surface area contributed by atoms with E-state index in [0.717, 1.165) is 30.7 Å². The lowest BCUT2D eigenvalue weighted by Crippen LogP contribution is -2.25. The number of fused-ring (bicyclic) bond motifs is 1. The van der Waals surface area contributed by atoms with E-state index in [1.165, 1.54) is 12.1 Å². The Morgan fingerprint density at radius 1 is 1.13 bits per heavy atom. The fraction of sp³-hybridized carbons (Fsp3) is 0.238. The molecule has 0 atom stereocenters. The van der Waals surface area contributed by atoms with Gasteiger partial charge in [-0.05, 0) is 37.1 Å². The van der Waals surface area contributed by atoms with E-state index < -0.39 is 28.9 Å². The summed E-state index contributed by atoms with van der Waals surface area (Å²) in [6, 6.07) is 8.67. The van der Waals surface area contributed by atoms with Gasteiger partial charge in [-0.1, -0.05) is 30.2 Å². The second-order valence-corrected chi connectivity index (χ2v) is 7.32. The summed E-state index contributed by atoms with van der Waals surface area (Å²) in [6.07, 6.45) is -2.67. The highest BCUT2D eigenvalue weighted by molar-refractivity contribution is 6.34. The predicted octanol–water partition coefficient (Wildman–Crippen LogP) is 5.77. The van der Waals surface area contributed by atoms with Gasteiger partial charge < -0.3 is 4.42 Å². The van der Waals surface area contributed by atoms with Crippen LogP contribution < -0.4 is 10.3 Å². The van der Waals surface area contributed by atoms with E-state index in [1.807, 2.05) is 0 Å². The normalized spacial score (nSPS) is 14.4. The Bertz CT molecular complexity index is 1180. The average Bonchev–Trinajstić information content (AvgIpc) is 2.64. The number of alkyl halides is 3. The minimum atomic E-state index is -4.75. The highest BCUT2D eigenvalue weighted by Crippen LogP contribution is 2.39. The molecule has 30 heavy (non-hydrogen) atoms. The second kappa shape index (κ2) is 7.68. The summed E-state index contributed by atoms with van der Waals surface area (Å²) in [4.78, 5) is 33.6. The molecule has 1 saturated carbocycles. The molecule has 0 N–H and O–H groups in total. The molecule has 0 bridgehead atoms. The van der Waals surface area contributed by atoms with Crippen LogP contribution in [0.1, 0.15) is 24.8 Å². The van der Waals surface area contributed by atoms with Crippen molar-refractivity contribution in [3.05, 3.63) is 63.3 Å². The van der Waals surface area contributed by atoms with Crippen LogP contribution in [-0.4, -0.2) is 5.97 Å². The first-order valence-electron chi connectivity index (χ1n) is 9.06. The van der Waals surface area contributed by atoms with Crippen molar-refractivity contribution in [2.75, 3.05) is 0 Å². The summed E-state index contributed by atoms with van der Waals surface area (Å²) in [5.74, 6) is -1.81. The third-order valence-corrected chi connectivity index (χ3v) is 5.23. The van der Waals surface area contributed by atoms with Crippen LogP contribution in [0.25, 0.3) is 22.3 Å². The first-order chi connectivity index (χ1) is 14.2. The number of benzene rings is 2. The molecule has 3 aromatic rings.